The minimum absolute atomic E-state index is 0.283. The van der Waals surface area contributed by atoms with Gasteiger partial charge < -0.3 is 9.52 Å². The molecule has 0 aliphatic heterocycles. The summed E-state index contributed by atoms with van der Waals surface area (Å²) in [5.41, 5.74) is 1.94. The van der Waals surface area contributed by atoms with Crippen LogP contribution in [0.5, 0.6) is 0 Å². The predicted octanol–water partition coefficient (Wildman–Crippen LogP) is 2.78. The molecular formula is C14H17NO2. The lowest BCUT2D eigenvalue weighted by Crippen LogP contribution is -2.16. The lowest BCUT2D eigenvalue weighted by Gasteiger charge is -2.09. The molecule has 2 atom stereocenters. The van der Waals surface area contributed by atoms with Crippen LogP contribution in [0.15, 0.2) is 28.7 Å². The van der Waals surface area contributed by atoms with Crippen molar-refractivity contribution in [2.45, 2.75) is 32.8 Å². The quantitative estimate of drug-likeness (QED) is 0.883. The van der Waals surface area contributed by atoms with Crippen LogP contribution < -0.4 is 0 Å². The number of nitrogens with zero attached hydrogens (tertiary/aromatic N) is 1. The molecule has 3 heteroatoms. The Bertz CT molecular complexity index is 511. The van der Waals surface area contributed by atoms with E-state index >= 15 is 0 Å². The maximum atomic E-state index is 10.1. The summed E-state index contributed by atoms with van der Waals surface area (Å²) in [7, 11) is 0. The van der Waals surface area contributed by atoms with E-state index in [-0.39, 0.29) is 11.5 Å². The Morgan fingerprint density at radius 3 is 2.82 bits per heavy atom. The van der Waals surface area contributed by atoms with Crippen molar-refractivity contribution in [3.63, 3.8) is 0 Å². The topological polar surface area (TPSA) is 46.3 Å². The number of benzene rings is 1. The van der Waals surface area contributed by atoms with Gasteiger partial charge in [-0.1, -0.05) is 26.0 Å². The standard InChI is InChI=1S/C14H17NO2/c1-14(2)8-9(14)11(16)7-13-15-10-5-3-4-6-12(10)17-13/h3-6,9,11,16H,7-8H2,1-2H3. The molecule has 0 saturated heterocycles. The largest absolute Gasteiger partial charge is 0.441 e. The van der Waals surface area contributed by atoms with Gasteiger partial charge in [0, 0.05) is 0 Å². The van der Waals surface area contributed by atoms with Crippen molar-refractivity contribution in [1.82, 2.24) is 4.98 Å². The van der Waals surface area contributed by atoms with Gasteiger partial charge >= 0.3 is 0 Å². The highest BCUT2D eigenvalue weighted by atomic mass is 16.4. The van der Waals surface area contributed by atoms with E-state index < -0.39 is 0 Å². The zero-order chi connectivity index (χ0) is 12.0. The minimum atomic E-state index is -0.335. The summed E-state index contributed by atoms with van der Waals surface area (Å²) < 4.78 is 5.61. The molecule has 1 aromatic carbocycles. The molecule has 1 aliphatic rings. The van der Waals surface area contributed by atoms with E-state index in [0.717, 1.165) is 17.5 Å². The maximum absolute atomic E-state index is 10.1. The third-order valence-electron chi connectivity index (χ3n) is 3.78. The summed E-state index contributed by atoms with van der Waals surface area (Å²) in [6.07, 6.45) is 1.27. The minimum Gasteiger partial charge on any atom is -0.441 e. The van der Waals surface area contributed by atoms with Crippen LogP contribution in [0.25, 0.3) is 11.1 Å². The first-order valence-corrected chi connectivity index (χ1v) is 6.09. The maximum Gasteiger partial charge on any atom is 0.198 e. The van der Waals surface area contributed by atoms with Gasteiger partial charge in [0.05, 0.1) is 12.5 Å². The van der Waals surface area contributed by atoms with Gasteiger partial charge in [-0.15, -0.1) is 0 Å². The number of para-hydroxylation sites is 2. The second kappa shape index (κ2) is 3.57. The first-order valence-electron chi connectivity index (χ1n) is 6.09. The summed E-state index contributed by atoms with van der Waals surface area (Å²) in [5, 5.41) is 10.1. The van der Waals surface area contributed by atoms with E-state index in [4.69, 9.17) is 4.42 Å². The van der Waals surface area contributed by atoms with Crippen LogP contribution >= 0.6 is 0 Å². The van der Waals surface area contributed by atoms with Gasteiger partial charge in [0.1, 0.15) is 5.52 Å². The Balaban J connectivity index is 1.77. The van der Waals surface area contributed by atoms with E-state index in [9.17, 15) is 5.11 Å². The van der Waals surface area contributed by atoms with E-state index in [1.165, 1.54) is 0 Å². The Labute approximate surface area is 100 Å². The molecule has 1 aliphatic carbocycles. The van der Waals surface area contributed by atoms with Gasteiger partial charge in [-0.05, 0) is 29.9 Å². The number of fused-ring (bicyclic) bond motifs is 1. The summed E-state index contributed by atoms with van der Waals surface area (Å²) in [6.45, 7) is 4.37. The first kappa shape index (κ1) is 10.8. The molecule has 0 spiro atoms. The normalized spacial score (nSPS) is 23.8. The highest BCUT2D eigenvalue weighted by molar-refractivity contribution is 5.72. The number of hydrogen-bond donors (Lipinski definition) is 1. The van der Waals surface area contributed by atoms with Gasteiger partial charge in [-0.25, -0.2) is 4.98 Å². The zero-order valence-electron chi connectivity index (χ0n) is 10.2. The van der Waals surface area contributed by atoms with Crippen molar-refractivity contribution in [3.05, 3.63) is 30.2 Å². The van der Waals surface area contributed by atoms with Gasteiger partial charge in [-0.3, -0.25) is 0 Å². The number of rotatable bonds is 3. The summed E-state index contributed by atoms with van der Waals surface area (Å²) in [4.78, 5) is 4.38. The van der Waals surface area contributed by atoms with E-state index in [1.54, 1.807) is 0 Å². The van der Waals surface area contributed by atoms with Gasteiger partial charge in [0.2, 0.25) is 0 Å². The van der Waals surface area contributed by atoms with Gasteiger partial charge in [0.15, 0.2) is 11.5 Å². The van der Waals surface area contributed by atoms with Crippen LogP contribution in [0, 0.1) is 11.3 Å². The summed E-state index contributed by atoms with van der Waals surface area (Å²) in [5.74, 6) is 1.03. The molecule has 2 unspecified atom stereocenters. The predicted molar refractivity (Wildman–Crippen MR) is 65.6 cm³/mol. The van der Waals surface area contributed by atoms with Crippen molar-refractivity contribution in [3.8, 4) is 0 Å². The Morgan fingerprint density at radius 2 is 2.18 bits per heavy atom. The molecular weight excluding hydrogens is 214 g/mol. The highest BCUT2D eigenvalue weighted by Crippen LogP contribution is 2.53. The monoisotopic (exact) mass is 231 g/mol. The van der Waals surface area contributed by atoms with E-state index in [2.05, 4.69) is 18.8 Å². The average Bonchev–Trinajstić information content (AvgIpc) is 2.73. The van der Waals surface area contributed by atoms with Crippen LogP contribution in [0.3, 0.4) is 0 Å². The van der Waals surface area contributed by atoms with Crippen LogP contribution in [0.4, 0.5) is 0 Å². The summed E-state index contributed by atoms with van der Waals surface area (Å²) in [6, 6.07) is 7.70. The molecule has 3 nitrogen and oxygen atoms in total. The second-order valence-electron chi connectivity index (χ2n) is 5.65. The molecule has 0 bridgehead atoms. The fourth-order valence-corrected chi connectivity index (χ4v) is 2.49. The van der Waals surface area contributed by atoms with Crippen LogP contribution in [-0.2, 0) is 6.42 Å². The molecule has 2 aromatic rings. The van der Waals surface area contributed by atoms with Crippen molar-refractivity contribution in [2.24, 2.45) is 11.3 Å². The van der Waals surface area contributed by atoms with Crippen LogP contribution in [-0.4, -0.2) is 16.2 Å². The Hall–Kier alpha value is -1.35. The van der Waals surface area contributed by atoms with Gasteiger partial charge in [-0.2, -0.15) is 0 Å². The van der Waals surface area contributed by atoms with Crippen LogP contribution in [0.2, 0.25) is 0 Å². The van der Waals surface area contributed by atoms with Crippen molar-refractivity contribution >= 4 is 11.1 Å². The lowest BCUT2D eigenvalue weighted by molar-refractivity contribution is 0.129. The number of hydrogen-bond acceptors (Lipinski definition) is 3. The number of aromatic nitrogens is 1. The van der Waals surface area contributed by atoms with Crippen molar-refractivity contribution < 1.29 is 9.52 Å². The second-order valence-corrected chi connectivity index (χ2v) is 5.65. The lowest BCUT2D eigenvalue weighted by atomic mass is 10.0. The molecule has 0 amide bonds. The Kier molecular flexibility index (Phi) is 2.26. The fraction of sp³-hybridized carbons (Fsp3) is 0.500. The molecule has 90 valence electrons. The molecule has 1 heterocycles. The third-order valence-corrected chi connectivity index (χ3v) is 3.78. The first-order chi connectivity index (χ1) is 8.06. The molecule has 1 N–H and O–H groups in total. The number of oxazole rings is 1. The molecule has 17 heavy (non-hydrogen) atoms. The third kappa shape index (κ3) is 1.95. The molecule has 1 saturated carbocycles. The number of aliphatic hydroxyl groups is 1. The van der Waals surface area contributed by atoms with E-state index in [0.29, 0.717) is 18.2 Å². The zero-order valence-corrected chi connectivity index (χ0v) is 10.2. The van der Waals surface area contributed by atoms with Gasteiger partial charge in [0.25, 0.3) is 0 Å². The molecule has 0 radical (unpaired) electrons. The van der Waals surface area contributed by atoms with Crippen LogP contribution in [0.1, 0.15) is 26.2 Å². The highest BCUT2D eigenvalue weighted by Gasteiger charge is 2.49. The molecule has 1 fully saturated rings. The number of aliphatic hydroxyl groups excluding tert-OH is 1. The molecule has 3 rings (SSSR count). The average molecular weight is 231 g/mol. The Morgan fingerprint density at radius 1 is 1.47 bits per heavy atom. The smallest absolute Gasteiger partial charge is 0.198 e. The SMILES string of the molecule is CC1(C)CC1C(O)Cc1nc2ccccc2o1. The molecule has 1 aromatic heterocycles. The van der Waals surface area contributed by atoms with Crippen molar-refractivity contribution in [1.29, 1.82) is 0 Å². The summed E-state index contributed by atoms with van der Waals surface area (Å²) >= 11 is 0. The fourth-order valence-electron chi connectivity index (χ4n) is 2.49. The van der Waals surface area contributed by atoms with E-state index in [1.807, 2.05) is 24.3 Å². The van der Waals surface area contributed by atoms with Crippen molar-refractivity contribution in [2.75, 3.05) is 0 Å².